The van der Waals surface area contributed by atoms with E-state index in [4.69, 9.17) is 23.2 Å². The third-order valence-electron chi connectivity index (χ3n) is 5.74. The van der Waals surface area contributed by atoms with Gasteiger partial charge in [0.1, 0.15) is 6.54 Å². The first-order valence-corrected chi connectivity index (χ1v) is 11.6. The topological polar surface area (TPSA) is 81.2 Å². The first-order chi connectivity index (χ1) is 16.7. The number of halogens is 2. The van der Waals surface area contributed by atoms with Gasteiger partial charge in [-0.2, -0.15) is 0 Å². The number of carbonyl (C=O) groups is 3. The number of rotatable bonds is 7. The molecule has 0 spiro atoms. The smallest absolute Gasteiger partial charge is 0.335 e. The quantitative estimate of drug-likeness (QED) is 0.496. The van der Waals surface area contributed by atoms with Crippen LogP contribution in [0.3, 0.4) is 0 Å². The van der Waals surface area contributed by atoms with Crippen LogP contribution in [0.25, 0.3) is 0 Å². The summed E-state index contributed by atoms with van der Waals surface area (Å²) in [6.45, 7) is 0.559. The molecule has 1 N–H and O–H groups in total. The van der Waals surface area contributed by atoms with E-state index in [0.717, 1.165) is 5.56 Å². The Hall–Kier alpha value is -3.39. The Morgan fingerprint density at radius 1 is 1.00 bits per heavy atom. The predicted molar refractivity (Wildman–Crippen MR) is 136 cm³/mol. The standard InChI is InChI=1S/C26H23Cl2N3O4/c1-29(13-17-5-3-2-4-6-17)15-24(32)31-16-25(33)30(14-19-7-9-20(27)12-21(19)28)22-10-8-18(26(34)35)11-23(22)31/h2-12H,13-16H2,1H3,(H,34,35). The summed E-state index contributed by atoms with van der Waals surface area (Å²) < 4.78 is 0. The van der Waals surface area contributed by atoms with Crippen molar-refractivity contribution < 1.29 is 19.5 Å². The van der Waals surface area contributed by atoms with Crippen molar-refractivity contribution in [3.05, 3.63) is 93.5 Å². The van der Waals surface area contributed by atoms with Gasteiger partial charge >= 0.3 is 5.97 Å². The minimum absolute atomic E-state index is 0.0259. The highest BCUT2D eigenvalue weighted by Crippen LogP contribution is 2.36. The van der Waals surface area contributed by atoms with Gasteiger partial charge < -0.3 is 10.0 Å². The van der Waals surface area contributed by atoms with Gasteiger partial charge in [-0.05, 0) is 48.5 Å². The molecule has 1 heterocycles. The maximum absolute atomic E-state index is 13.3. The molecule has 180 valence electrons. The maximum Gasteiger partial charge on any atom is 0.335 e. The molecular formula is C26H23Cl2N3O4. The number of anilines is 2. The monoisotopic (exact) mass is 511 g/mol. The Labute approximate surface area is 213 Å². The van der Waals surface area contributed by atoms with E-state index in [9.17, 15) is 19.5 Å². The molecule has 9 heteroatoms. The number of amides is 2. The second-order valence-corrected chi connectivity index (χ2v) is 9.21. The molecule has 0 bridgehead atoms. The number of carbonyl (C=O) groups excluding carboxylic acids is 2. The zero-order chi connectivity index (χ0) is 25.1. The molecule has 0 fully saturated rings. The Kier molecular flexibility index (Phi) is 7.40. The van der Waals surface area contributed by atoms with Crippen LogP contribution in [0.1, 0.15) is 21.5 Å². The number of hydrogen-bond donors (Lipinski definition) is 1. The van der Waals surface area contributed by atoms with Crippen molar-refractivity contribution >= 4 is 52.4 Å². The van der Waals surface area contributed by atoms with Crippen LogP contribution in [-0.4, -0.2) is 47.9 Å². The Bertz CT molecular complexity index is 1280. The highest BCUT2D eigenvalue weighted by Gasteiger charge is 2.34. The van der Waals surface area contributed by atoms with Crippen molar-refractivity contribution in [1.29, 1.82) is 0 Å². The van der Waals surface area contributed by atoms with Crippen molar-refractivity contribution in [3.8, 4) is 0 Å². The summed E-state index contributed by atoms with van der Waals surface area (Å²) in [4.78, 5) is 42.8. The summed E-state index contributed by atoms with van der Waals surface area (Å²) in [5.41, 5.74) is 2.57. The Morgan fingerprint density at radius 2 is 1.74 bits per heavy atom. The largest absolute Gasteiger partial charge is 0.478 e. The maximum atomic E-state index is 13.3. The minimum atomic E-state index is -1.12. The predicted octanol–water partition coefficient (Wildman–Crippen LogP) is 4.70. The summed E-state index contributed by atoms with van der Waals surface area (Å²) in [6, 6.07) is 19.1. The molecule has 0 saturated heterocycles. The molecule has 1 aliphatic rings. The van der Waals surface area contributed by atoms with Gasteiger partial charge in [-0.25, -0.2) is 4.79 Å². The van der Waals surface area contributed by atoms with E-state index in [1.165, 1.54) is 21.9 Å². The van der Waals surface area contributed by atoms with Gasteiger partial charge in [0.25, 0.3) is 0 Å². The Morgan fingerprint density at radius 3 is 2.43 bits per heavy atom. The van der Waals surface area contributed by atoms with Gasteiger partial charge in [0.05, 0.1) is 30.0 Å². The van der Waals surface area contributed by atoms with Crippen LogP contribution in [0.15, 0.2) is 66.7 Å². The van der Waals surface area contributed by atoms with Gasteiger partial charge in [0.2, 0.25) is 11.8 Å². The molecule has 3 aromatic rings. The lowest BCUT2D eigenvalue weighted by Crippen LogP contribution is -2.50. The van der Waals surface area contributed by atoms with Gasteiger partial charge in [-0.3, -0.25) is 19.4 Å². The van der Waals surface area contributed by atoms with Gasteiger partial charge in [-0.1, -0.05) is 59.6 Å². The van der Waals surface area contributed by atoms with Crippen LogP contribution in [0, 0.1) is 0 Å². The molecule has 7 nitrogen and oxygen atoms in total. The number of likely N-dealkylation sites (N-methyl/N-ethyl adjacent to an activating group) is 1. The van der Waals surface area contributed by atoms with Crippen LogP contribution in [0.4, 0.5) is 11.4 Å². The summed E-state index contributed by atoms with van der Waals surface area (Å²) in [5, 5.41) is 10.4. The van der Waals surface area contributed by atoms with E-state index in [2.05, 4.69) is 0 Å². The number of nitrogens with zero attached hydrogens (tertiary/aromatic N) is 3. The number of carboxylic acids is 1. The van der Waals surface area contributed by atoms with Crippen molar-refractivity contribution in [2.45, 2.75) is 13.1 Å². The molecule has 0 unspecified atom stereocenters. The van der Waals surface area contributed by atoms with Gasteiger partial charge in [0.15, 0.2) is 0 Å². The van der Waals surface area contributed by atoms with Crippen LogP contribution in [0.5, 0.6) is 0 Å². The highest BCUT2D eigenvalue weighted by atomic mass is 35.5. The van der Waals surface area contributed by atoms with Crippen molar-refractivity contribution in [2.24, 2.45) is 0 Å². The molecule has 0 radical (unpaired) electrons. The molecule has 3 aromatic carbocycles. The zero-order valence-corrected chi connectivity index (χ0v) is 20.5. The van der Waals surface area contributed by atoms with Gasteiger partial charge in [0, 0.05) is 16.6 Å². The fraction of sp³-hybridized carbons (Fsp3) is 0.192. The lowest BCUT2D eigenvalue weighted by atomic mass is 10.1. The molecule has 2 amide bonds. The number of aromatic carboxylic acids is 1. The van der Waals surface area contributed by atoms with Crippen LogP contribution in [0.2, 0.25) is 10.0 Å². The number of benzene rings is 3. The molecule has 0 atom stereocenters. The number of fused-ring (bicyclic) bond motifs is 1. The number of carboxylic acid groups (broad SMARTS) is 1. The average Bonchev–Trinajstić information content (AvgIpc) is 2.82. The fourth-order valence-corrected chi connectivity index (χ4v) is 4.49. The van der Waals surface area contributed by atoms with Crippen molar-refractivity contribution in [1.82, 2.24) is 4.90 Å². The van der Waals surface area contributed by atoms with E-state index in [1.807, 2.05) is 42.3 Å². The van der Waals surface area contributed by atoms with Crippen LogP contribution in [-0.2, 0) is 22.7 Å². The SMILES string of the molecule is CN(CC(=O)N1CC(=O)N(Cc2ccc(Cl)cc2Cl)c2ccc(C(=O)O)cc21)Cc1ccccc1. The third-order valence-corrected chi connectivity index (χ3v) is 6.33. The molecular weight excluding hydrogens is 489 g/mol. The van der Waals surface area contributed by atoms with Crippen LogP contribution >= 0.6 is 23.2 Å². The van der Waals surface area contributed by atoms with E-state index in [0.29, 0.717) is 33.5 Å². The van der Waals surface area contributed by atoms with Crippen molar-refractivity contribution in [2.75, 3.05) is 29.9 Å². The summed E-state index contributed by atoms with van der Waals surface area (Å²) in [6.07, 6.45) is 0. The van der Waals surface area contributed by atoms with Crippen LogP contribution < -0.4 is 9.80 Å². The van der Waals surface area contributed by atoms with E-state index >= 15 is 0 Å². The summed E-state index contributed by atoms with van der Waals surface area (Å²) in [5.74, 6) is -1.72. The minimum Gasteiger partial charge on any atom is -0.478 e. The summed E-state index contributed by atoms with van der Waals surface area (Å²) in [7, 11) is 1.82. The van der Waals surface area contributed by atoms with E-state index < -0.39 is 5.97 Å². The molecule has 0 saturated carbocycles. The molecule has 4 rings (SSSR count). The molecule has 0 aliphatic carbocycles. The highest BCUT2D eigenvalue weighted by molar-refractivity contribution is 6.35. The average molecular weight is 512 g/mol. The van der Waals surface area contributed by atoms with Gasteiger partial charge in [-0.15, -0.1) is 0 Å². The first-order valence-electron chi connectivity index (χ1n) is 10.9. The summed E-state index contributed by atoms with van der Waals surface area (Å²) >= 11 is 12.3. The molecule has 0 aromatic heterocycles. The molecule has 1 aliphatic heterocycles. The fourth-order valence-electron chi connectivity index (χ4n) is 4.02. The van der Waals surface area contributed by atoms with E-state index in [1.54, 1.807) is 24.3 Å². The normalized spacial score (nSPS) is 13.2. The van der Waals surface area contributed by atoms with Crippen molar-refractivity contribution in [3.63, 3.8) is 0 Å². The third kappa shape index (κ3) is 5.65. The lowest BCUT2D eigenvalue weighted by Gasteiger charge is -2.37. The van der Waals surface area contributed by atoms with E-state index in [-0.39, 0.29) is 37.0 Å². The Balaban J connectivity index is 1.62. The second-order valence-electron chi connectivity index (χ2n) is 8.36. The lowest BCUT2D eigenvalue weighted by molar-refractivity contribution is -0.123. The molecule has 35 heavy (non-hydrogen) atoms. The second kappa shape index (κ2) is 10.5. The number of hydrogen-bond acceptors (Lipinski definition) is 4. The zero-order valence-electron chi connectivity index (χ0n) is 18.9. The first kappa shape index (κ1) is 24.7.